The van der Waals surface area contributed by atoms with E-state index in [9.17, 15) is 0 Å². The Bertz CT molecular complexity index is 203. The van der Waals surface area contributed by atoms with Crippen LogP contribution in [0.2, 0.25) is 0 Å². The van der Waals surface area contributed by atoms with Crippen LogP contribution in [0.25, 0.3) is 0 Å². The molecule has 0 aromatic carbocycles. The van der Waals surface area contributed by atoms with E-state index in [2.05, 4.69) is 4.98 Å². The molecule has 2 nitrogen and oxygen atoms in total. The Morgan fingerprint density at radius 1 is 1.40 bits per heavy atom. The van der Waals surface area contributed by atoms with Gasteiger partial charge in [-0.1, -0.05) is 0 Å². The van der Waals surface area contributed by atoms with Gasteiger partial charge >= 0.3 is 29.6 Å². The maximum absolute atomic E-state index is 5.51. The summed E-state index contributed by atoms with van der Waals surface area (Å²) < 4.78 is 0. The van der Waals surface area contributed by atoms with Gasteiger partial charge in [0.25, 0.3) is 0 Å². The molecule has 50 valence electrons. The average molecular weight is 146 g/mol. The minimum atomic E-state index is 0. The molecule has 0 aliphatic heterocycles. The number of nitrogen functional groups attached to an aromatic ring is 1. The van der Waals surface area contributed by atoms with Crippen LogP contribution >= 0.6 is 0 Å². The summed E-state index contributed by atoms with van der Waals surface area (Å²) in [7, 11) is 0. The Kier molecular flexibility index (Phi) is 3.94. The number of pyridine rings is 1. The molecule has 0 aliphatic rings. The molecule has 0 atom stereocenters. The standard InChI is InChI=1S/C7H10N2.Na.H/c1-5-3-4-9-7(8)6(5)2;;/h3-4H,1-2H3,(H2,8,9);;. The average Bonchev–Trinajstić information content (AvgIpc) is 1.83. The number of aromatic nitrogens is 1. The van der Waals surface area contributed by atoms with Crippen LogP contribution in [-0.2, 0) is 0 Å². The summed E-state index contributed by atoms with van der Waals surface area (Å²) in [5, 5.41) is 0. The number of hydrogen-bond acceptors (Lipinski definition) is 2. The Morgan fingerprint density at radius 2 is 2.00 bits per heavy atom. The predicted molar refractivity (Wildman–Crippen MR) is 45.3 cm³/mol. The zero-order valence-electron chi connectivity index (χ0n) is 5.68. The number of aryl methyl sites for hydroxylation is 1. The van der Waals surface area contributed by atoms with E-state index < -0.39 is 0 Å². The van der Waals surface area contributed by atoms with Crippen molar-refractivity contribution in [2.24, 2.45) is 0 Å². The molecule has 0 saturated carbocycles. The van der Waals surface area contributed by atoms with Gasteiger partial charge < -0.3 is 5.73 Å². The molecule has 0 amide bonds. The van der Waals surface area contributed by atoms with Gasteiger partial charge in [0.05, 0.1) is 0 Å². The summed E-state index contributed by atoms with van der Waals surface area (Å²) in [6.07, 6.45) is 1.72. The predicted octanol–water partition coefficient (Wildman–Crippen LogP) is 0.632. The van der Waals surface area contributed by atoms with Crippen LogP contribution in [0, 0.1) is 13.8 Å². The molecule has 3 heteroatoms. The fourth-order valence-corrected chi connectivity index (χ4v) is 0.653. The summed E-state index contributed by atoms with van der Waals surface area (Å²) in [4.78, 5) is 3.92. The molecule has 1 aromatic rings. The van der Waals surface area contributed by atoms with Gasteiger partial charge in [0.1, 0.15) is 5.82 Å². The Morgan fingerprint density at radius 3 is 2.40 bits per heavy atom. The molecular weight excluding hydrogens is 135 g/mol. The van der Waals surface area contributed by atoms with Crippen molar-refractivity contribution >= 4 is 35.4 Å². The molecule has 0 bridgehead atoms. The van der Waals surface area contributed by atoms with Gasteiger partial charge in [0.2, 0.25) is 0 Å². The first-order chi connectivity index (χ1) is 4.22. The molecule has 1 rings (SSSR count). The molecule has 0 fully saturated rings. The minimum absolute atomic E-state index is 0. The van der Waals surface area contributed by atoms with E-state index in [4.69, 9.17) is 5.73 Å². The van der Waals surface area contributed by atoms with E-state index in [0.717, 1.165) is 5.56 Å². The van der Waals surface area contributed by atoms with Crippen molar-refractivity contribution in [2.75, 3.05) is 5.73 Å². The molecule has 1 aromatic heterocycles. The van der Waals surface area contributed by atoms with Crippen LogP contribution in [0.4, 0.5) is 5.82 Å². The summed E-state index contributed by atoms with van der Waals surface area (Å²) in [5.41, 5.74) is 7.79. The molecule has 1 heterocycles. The van der Waals surface area contributed by atoms with Crippen LogP contribution in [0.15, 0.2) is 12.3 Å². The number of nitrogens with two attached hydrogens (primary N) is 1. The first kappa shape index (κ1) is 9.95. The van der Waals surface area contributed by atoms with E-state index in [0.29, 0.717) is 5.82 Å². The van der Waals surface area contributed by atoms with Gasteiger partial charge in [-0.05, 0) is 31.0 Å². The van der Waals surface area contributed by atoms with Gasteiger partial charge in [0.15, 0.2) is 0 Å². The number of rotatable bonds is 0. The molecule has 0 unspecified atom stereocenters. The molecule has 0 aliphatic carbocycles. The molecule has 0 radical (unpaired) electrons. The van der Waals surface area contributed by atoms with Crippen molar-refractivity contribution in [2.45, 2.75) is 13.8 Å². The van der Waals surface area contributed by atoms with Gasteiger partial charge in [-0.15, -0.1) is 0 Å². The second-order valence-electron chi connectivity index (χ2n) is 2.14. The van der Waals surface area contributed by atoms with Crippen molar-refractivity contribution in [3.05, 3.63) is 23.4 Å². The fourth-order valence-electron chi connectivity index (χ4n) is 0.653. The van der Waals surface area contributed by atoms with E-state index in [1.807, 2.05) is 19.9 Å². The zero-order valence-corrected chi connectivity index (χ0v) is 5.68. The summed E-state index contributed by atoms with van der Waals surface area (Å²) in [6.45, 7) is 3.99. The second-order valence-corrected chi connectivity index (χ2v) is 2.14. The number of anilines is 1. The zero-order chi connectivity index (χ0) is 6.85. The van der Waals surface area contributed by atoms with Crippen LogP contribution in [0.3, 0.4) is 0 Å². The number of nitrogens with zero attached hydrogens (tertiary/aromatic N) is 1. The Hall–Kier alpha value is -0.0500. The summed E-state index contributed by atoms with van der Waals surface area (Å²) >= 11 is 0. The van der Waals surface area contributed by atoms with Gasteiger partial charge in [0, 0.05) is 6.20 Å². The Balaban J connectivity index is 0.000000810. The summed E-state index contributed by atoms with van der Waals surface area (Å²) in [5.74, 6) is 0.634. The first-order valence-electron chi connectivity index (χ1n) is 2.89. The van der Waals surface area contributed by atoms with Gasteiger partial charge in [-0.2, -0.15) is 0 Å². The topological polar surface area (TPSA) is 38.9 Å². The molecule has 10 heavy (non-hydrogen) atoms. The molecular formula is C7H11N2Na. The molecule has 0 saturated heterocycles. The van der Waals surface area contributed by atoms with Crippen molar-refractivity contribution in [3.63, 3.8) is 0 Å². The van der Waals surface area contributed by atoms with E-state index in [1.54, 1.807) is 6.20 Å². The summed E-state index contributed by atoms with van der Waals surface area (Å²) in [6, 6.07) is 1.95. The van der Waals surface area contributed by atoms with Gasteiger partial charge in [-0.25, -0.2) is 4.98 Å². The normalized spacial score (nSPS) is 8.60. The van der Waals surface area contributed by atoms with E-state index in [-0.39, 0.29) is 29.6 Å². The maximum atomic E-state index is 5.51. The first-order valence-corrected chi connectivity index (χ1v) is 2.89. The van der Waals surface area contributed by atoms with Crippen LogP contribution in [0.1, 0.15) is 11.1 Å². The van der Waals surface area contributed by atoms with Crippen LogP contribution in [-0.4, -0.2) is 34.5 Å². The van der Waals surface area contributed by atoms with Crippen molar-refractivity contribution in [3.8, 4) is 0 Å². The molecule has 2 N–H and O–H groups in total. The third kappa shape index (κ3) is 1.97. The van der Waals surface area contributed by atoms with Crippen molar-refractivity contribution in [1.29, 1.82) is 0 Å². The quantitative estimate of drug-likeness (QED) is 0.545. The Labute approximate surface area is 83.1 Å². The third-order valence-corrected chi connectivity index (χ3v) is 1.51. The van der Waals surface area contributed by atoms with Crippen LogP contribution in [0.5, 0.6) is 0 Å². The SMILES string of the molecule is Cc1ccnc(N)c1C.[NaH]. The van der Waals surface area contributed by atoms with Gasteiger partial charge in [-0.3, -0.25) is 0 Å². The monoisotopic (exact) mass is 146 g/mol. The van der Waals surface area contributed by atoms with Crippen molar-refractivity contribution < 1.29 is 0 Å². The fraction of sp³-hybridized carbons (Fsp3) is 0.286. The second kappa shape index (κ2) is 3.96. The third-order valence-electron chi connectivity index (χ3n) is 1.51. The molecule has 0 spiro atoms. The van der Waals surface area contributed by atoms with Crippen molar-refractivity contribution in [1.82, 2.24) is 4.98 Å². The van der Waals surface area contributed by atoms with Crippen LogP contribution < -0.4 is 5.73 Å². The van der Waals surface area contributed by atoms with E-state index in [1.165, 1.54) is 5.56 Å². The van der Waals surface area contributed by atoms with E-state index >= 15 is 0 Å². The number of hydrogen-bond donors (Lipinski definition) is 1.